The van der Waals surface area contributed by atoms with Gasteiger partial charge in [0.25, 0.3) is 0 Å². The van der Waals surface area contributed by atoms with Gasteiger partial charge in [0.2, 0.25) is 15.9 Å². The van der Waals surface area contributed by atoms with Crippen molar-refractivity contribution in [3.05, 3.63) is 48.5 Å². The van der Waals surface area contributed by atoms with Crippen LogP contribution in [0.3, 0.4) is 0 Å². The van der Waals surface area contributed by atoms with E-state index in [1.165, 1.54) is 26.2 Å². The van der Waals surface area contributed by atoms with Crippen molar-refractivity contribution in [3.63, 3.8) is 0 Å². The van der Waals surface area contributed by atoms with E-state index in [1.807, 2.05) is 0 Å². The molecule has 30 heavy (non-hydrogen) atoms. The molecule has 1 heterocycles. The number of nitrogens with one attached hydrogen (secondary N) is 1. The molecule has 1 N–H and O–H groups in total. The van der Waals surface area contributed by atoms with Crippen LogP contribution in [0.5, 0.6) is 11.5 Å². The van der Waals surface area contributed by atoms with Crippen molar-refractivity contribution in [2.45, 2.75) is 24.5 Å². The molecule has 3 rings (SSSR count). The standard InChI is InChI=1S/C19H19F3N2O5S/c1-18(17(25)23-13-3-7-16(8-4-13)29-19(20,21)22)11-12-24(30(18,26)27)14-5-9-15(28-2)10-6-14/h3-10H,11-12H2,1-2H3,(H,23,25)/t18-/m0/s1. The van der Waals surface area contributed by atoms with Crippen LogP contribution < -0.4 is 19.1 Å². The minimum atomic E-state index is -4.83. The van der Waals surface area contributed by atoms with E-state index >= 15 is 0 Å². The number of carbonyl (C=O) groups excluding carboxylic acids is 1. The van der Waals surface area contributed by atoms with E-state index in [9.17, 15) is 26.4 Å². The number of carbonyl (C=O) groups is 1. The molecule has 7 nitrogen and oxygen atoms in total. The third-order valence-corrected chi connectivity index (χ3v) is 7.34. The van der Waals surface area contributed by atoms with Crippen molar-refractivity contribution in [2.24, 2.45) is 0 Å². The molecule has 1 atom stereocenters. The fourth-order valence-corrected chi connectivity index (χ4v) is 4.91. The molecule has 1 aliphatic heterocycles. The second-order valence-corrected chi connectivity index (χ2v) is 9.07. The lowest BCUT2D eigenvalue weighted by molar-refractivity contribution is -0.274. The number of rotatable bonds is 5. The van der Waals surface area contributed by atoms with E-state index in [4.69, 9.17) is 4.74 Å². The van der Waals surface area contributed by atoms with Crippen LogP contribution in [0.15, 0.2) is 48.5 Å². The summed E-state index contributed by atoms with van der Waals surface area (Å²) in [5.74, 6) is -0.664. The molecular formula is C19H19F3N2O5S. The highest BCUT2D eigenvalue weighted by molar-refractivity contribution is 7.95. The Bertz CT molecular complexity index is 1020. The predicted molar refractivity (Wildman–Crippen MR) is 104 cm³/mol. The zero-order valence-corrected chi connectivity index (χ0v) is 16.9. The summed E-state index contributed by atoms with van der Waals surface area (Å²) in [4.78, 5) is 12.8. The van der Waals surface area contributed by atoms with Gasteiger partial charge in [-0.15, -0.1) is 13.2 Å². The maximum Gasteiger partial charge on any atom is 0.573 e. The van der Waals surface area contributed by atoms with Gasteiger partial charge in [-0.1, -0.05) is 0 Å². The molecule has 0 spiro atoms. The number of nitrogens with zero attached hydrogens (tertiary/aromatic N) is 1. The molecule has 1 aliphatic rings. The Morgan fingerprint density at radius 1 is 1.07 bits per heavy atom. The van der Waals surface area contributed by atoms with Crippen molar-refractivity contribution < 1.29 is 35.9 Å². The van der Waals surface area contributed by atoms with Gasteiger partial charge in [-0.3, -0.25) is 9.10 Å². The molecule has 0 saturated carbocycles. The topological polar surface area (TPSA) is 84.9 Å². The highest BCUT2D eigenvalue weighted by atomic mass is 32.2. The van der Waals surface area contributed by atoms with Gasteiger partial charge in [-0.2, -0.15) is 0 Å². The molecule has 2 aromatic carbocycles. The Morgan fingerprint density at radius 3 is 2.17 bits per heavy atom. The van der Waals surface area contributed by atoms with Crippen molar-refractivity contribution in [3.8, 4) is 11.5 Å². The maximum absolute atomic E-state index is 13.1. The summed E-state index contributed by atoms with van der Waals surface area (Å²) < 4.78 is 71.2. The van der Waals surface area contributed by atoms with Gasteiger partial charge in [0, 0.05) is 12.2 Å². The molecule has 0 aromatic heterocycles. The number of benzene rings is 2. The Hall–Kier alpha value is -2.95. The van der Waals surface area contributed by atoms with Gasteiger partial charge in [-0.25, -0.2) is 8.42 Å². The molecule has 2 aromatic rings. The number of anilines is 2. The summed E-state index contributed by atoms with van der Waals surface area (Å²) in [6, 6.07) is 10.8. The summed E-state index contributed by atoms with van der Waals surface area (Å²) in [6.07, 6.45) is -4.79. The average Bonchev–Trinajstić information content (AvgIpc) is 2.92. The Balaban J connectivity index is 1.76. The highest BCUT2D eigenvalue weighted by Gasteiger charge is 2.54. The molecule has 1 fully saturated rings. The minimum absolute atomic E-state index is 0.0441. The monoisotopic (exact) mass is 444 g/mol. The first-order valence-electron chi connectivity index (χ1n) is 8.80. The summed E-state index contributed by atoms with van der Waals surface area (Å²) in [5, 5.41) is 2.46. The number of amides is 1. The minimum Gasteiger partial charge on any atom is -0.497 e. The number of ether oxygens (including phenoxy) is 2. The van der Waals surface area contributed by atoms with Gasteiger partial charge in [0.1, 0.15) is 11.5 Å². The average molecular weight is 444 g/mol. The lowest BCUT2D eigenvalue weighted by Crippen LogP contribution is -2.47. The molecule has 0 bridgehead atoms. The van der Waals surface area contributed by atoms with E-state index in [0.29, 0.717) is 11.4 Å². The van der Waals surface area contributed by atoms with Crippen molar-refractivity contribution >= 4 is 27.3 Å². The van der Waals surface area contributed by atoms with Crippen LogP contribution in [0.1, 0.15) is 13.3 Å². The summed E-state index contributed by atoms with van der Waals surface area (Å²) >= 11 is 0. The molecule has 1 amide bonds. The van der Waals surface area contributed by atoms with Gasteiger partial charge in [0.15, 0.2) is 4.75 Å². The van der Waals surface area contributed by atoms with E-state index in [-0.39, 0.29) is 18.7 Å². The van der Waals surface area contributed by atoms with Crippen LogP contribution in [-0.2, 0) is 14.8 Å². The van der Waals surface area contributed by atoms with Crippen LogP contribution in [0, 0.1) is 0 Å². The third kappa shape index (κ3) is 4.16. The SMILES string of the molecule is COc1ccc(N2CC[C@@](C)(C(=O)Nc3ccc(OC(F)(F)F)cc3)S2(=O)=O)cc1. The lowest BCUT2D eigenvalue weighted by Gasteiger charge is -2.25. The molecule has 1 saturated heterocycles. The van der Waals surface area contributed by atoms with E-state index in [2.05, 4.69) is 10.1 Å². The number of methoxy groups -OCH3 is 1. The van der Waals surface area contributed by atoms with E-state index < -0.39 is 32.8 Å². The lowest BCUT2D eigenvalue weighted by atomic mass is 10.1. The molecule has 0 radical (unpaired) electrons. The number of halogens is 3. The highest BCUT2D eigenvalue weighted by Crippen LogP contribution is 2.38. The van der Waals surface area contributed by atoms with Crippen LogP contribution in [0.25, 0.3) is 0 Å². The molecule has 11 heteroatoms. The Labute approximate surface area is 171 Å². The summed E-state index contributed by atoms with van der Waals surface area (Å²) in [7, 11) is -2.55. The van der Waals surface area contributed by atoms with Gasteiger partial charge in [-0.05, 0) is 61.9 Å². The maximum atomic E-state index is 13.1. The third-order valence-electron chi connectivity index (χ3n) is 4.84. The number of hydrogen-bond acceptors (Lipinski definition) is 5. The van der Waals surface area contributed by atoms with Crippen LogP contribution in [-0.4, -0.2) is 39.1 Å². The van der Waals surface area contributed by atoms with Crippen molar-refractivity contribution in [1.29, 1.82) is 0 Å². The van der Waals surface area contributed by atoms with E-state index in [0.717, 1.165) is 16.4 Å². The first kappa shape index (κ1) is 21.8. The molecule has 0 aliphatic carbocycles. The largest absolute Gasteiger partial charge is 0.573 e. The first-order valence-corrected chi connectivity index (χ1v) is 10.2. The number of alkyl halides is 3. The summed E-state index contributed by atoms with van der Waals surface area (Å²) in [5.41, 5.74) is 0.551. The first-order chi connectivity index (χ1) is 14.0. The van der Waals surface area contributed by atoms with Gasteiger partial charge < -0.3 is 14.8 Å². The molecule has 162 valence electrons. The molecular weight excluding hydrogens is 425 g/mol. The van der Waals surface area contributed by atoms with E-state index in [1.54, 1.807) is 24.3 Å². The second kappa shape index (κ2) is 7.71. The fourth-order valence-electron chi connectivity index (χ4n) is 3.06. The van der Waals surface area contributed by atoms with Crippen LogP contribution in [0.4, 0.5) is 24.5 Å². The molecule has 0 unspecified atom stereocenters. The number of hydrogen-bond donors (Lipinski definition) is 1. The fraction of sp³-hybridized carbons (Fsp3) is 0.316. The quantitative estimate of drug-likeness (QED) is 0.763. The van der Waals surface area contributed by atoms with Gasteiger partial charge in [0.05, 0.1) is 12.8 Å². The zero-order valence-electron chi connectivity index (χ0n) is 16.1. The van der Waals surface area contributed by atoms with Crippen LogP contribution >= 0.6 is 0 Å². The normalized spacial score (nSPS) is 20.6. The van der Waals surface area contributed by atoms with Crippen molar-refractivity contribution in [2.75, 3.05) is 23.3 Å². The number of sulfonamides is 1. The Morgan fingerprint density at radius 2 is 1.63 bits per heavy atom. The smallest absolute Gasteiger partial charge is 0.497 e. The Kier molecular flexibility index (Phi) is 5.59. The van der Waals surface area contributed by atoms with Crippen molar-refractivity contribution in [1.82, 2.24) is 0 Å². The second-order valence-electron chi connectivity index (χ2n) is 6.78. The van der Waals surface area contributed by atoms with Crippen LogP contribution in [0.2, 0.25) is 0 Å². The predicted octanol–water partition coefficient (Wildman–Crippen LogP) is 3.53. The summed E-state index contributed by atoms with van der Waals surface area (Å²) in [6.45, 7) is 1.43. The zero-order chi connectivity index (χ0) is 22.2. The van der Waals surface area contributed by atoms with Gasteiger partial charge >= 0.3 is 6.36 Å².